The van der Waals surface area contributed by atoms with Crippen molar-refractivity contribution in [3.05, 3.63) is 59.4 Å². The highest BCUT2D eigenvalue weighted by Crippen LogP contribution is 2.20. The molecule has 5 nitrogen and oxygen atoms in total. The molecule has 0 spiro atoms. The predicted molar refractivity (Wildman–Crippen MR) is 86.3 cm³/mol. The van der Waals surface area contributed by atoms with Crippen LogP contribution in [0.2, 0.25) is 5.02 Å². The monoisotopic (exact) mass is 356 g/mol. The van der Waals surface area contributed by atoms with Gasteiger partial charge in [-0.15, -0.1) is 0 Å². The molecule has 0 heterocycles. The molecule has 0 saturated carbocycles. The summed E-state index contributed by atoms with van der Waals surface area (Å²) in [6, 6.07) is 11.4. The third-order valence-electron chi connectivity index (χ3n) is 3.02. The molecule has 2 aromatic carbocycles. The first-order valence-electron chi connectivity index (χ1n) is 6.57. The second-order valence-electron chi connectivity index (χ2n) is 4.75. The first-order valence-corrected chi connectivity index (χ1v) is 8.39. The normalized spacial score (nSPS) is 11.5. The molecule has 0 atom stereocenters. The molecule has 0 aliphatic carbocycles. The van der Waals surface area contributed by atoms with Crippen LogP contribution in [0.5, 0.6) is 0 Å². The fraction of sp³-hybridized carbons (Fsp3) is 0.133. The summed E-state index contributed by atoms with van der Waals surface area (Å²) < 4.78 is 39.0. The van der Waals surface area contributed by atoms with Crippen LogP contribution >= 0.6 is 11.6 Å². The van der Waals surface area contributed by atoms with Crippen molar-refractivity contribution >= 4 is 33.2 Å². The first-order chi connectivity index (χ1) is 10.8. The summed E-state index contributed by atoms with van der Waals surface area (Å²) >= 11 is 5.73. The van der Waals surface area contributed by atoms with Crippen LogP contribution < -0.4 is 5.32 Å². The van der Waals surface area contributed by atoms with Gasteiger partial charge in [-0.05, 0) is 30.3 Å². The number of hydrogen-bond acceptors (Lipinski definition) is 3. The molecule has 0 aromatic heterocycles. The molecule has 0 saturated heterocycles. The lowest BCUT2D eigenvalue weighted by atomic mass is 10.3. The fourth-order valence-electron chi connectivity index (χ4n) is 1.84. The quantitative estimate of drug-likeness (QED) is 0.895. The zero-order valence-electron chi connectivity index (χ0n) is 12.2. The summed E-state index contributed by atoms with van der Waals surface area (Å²) in [5.74, 6) is -1.33. The fourth-order valence-corrected chi connectivity index (χ4v) is 3.16. The van der Waals surface area contributed by atoms with Crippen molar-refractivity contribution in [3.8, 4) is 0 Å². The van der Waals surface area contributed by atoms with Gasteiger partial charge in [0.25, 0.3) is 0 Å². The lowest BCUT2D eigenvalue weighted by molar-refractivity contribution is -0.116. The Kier molecular flexibility index (Phi) is 5.35. The van der Waals surface area contributed by atoms with E-state index in [4.69, 9.17) is 11.6 Å². The number of halogens is 2. The number of hydrogen-bond donors (Lipinski definition) is 1. The van der Waals surface area contributed by atoms with Crippen LogP contribution in [0.3, 0.4) is 0 Å². The predicted octanol–water partition coefficient (Wildman–Crippen LogP) is 2.74. The second-order valence-corrected chi connectivity index (χ2v) is 7.23. The maximum Gasteiger partial charge on any atom is 0.243 e. The highest BCUT2D eigenvalue weighted by atomic mass is 35.5. The average molecular weight is 357 g/mol. The Morgan fingerprint density at radius 1 is 1.22 bits per heavy atom. The van der Waals surface area contributed by atoms with Crippen molar-refractivity contribution in [1.82, 2.24) is 4.31 Å². The van der Waals surface area contributed by atoms with E-state index in [1.54, 1.807) is 18.2 Å². The van der Waals surface area contributed by atoms with Crippen LogP contribution in [0.1, 0.15) is 0 Å². The van der Waals surface area contributed by atoms with Crippen molar-refractivity contribution in [2.24, 2.45) is 0 Å². The zero-order valence-corrected chi connectivity index (χ0v) is 13.7. The SMILES string of the molecule is CN(CC(=O)Nc1cc(Cl)ccc1F)S(=O)(=O)c1ccccc1. The number of amides is 1. The van der Waals surface area contributed by atoms with E-state index in [1.807, 2.05) is 0 Å². The van der Waals surface area contributed by atoms with Crippen LogP contribution in [0, 0.1) is 5.82 Å². The van der Waals surface area contributed by atoms with E-state index in [0.29, 0.717) is 0 Å². The van der Waals surface area contributed by atoms with E-state index in [1.165, 1.54) is 31.3 Å². The molecule has 0 aliphatic heterocycles. The lowest BCUT2D eigenvalue weighted by Gasteiger charge is -2.17. The van der Waals surface area contributed by atoms with E-state index in [9.17, 15) is 17.6 Å². The van der Waals surface area contributed by atoms with Gasteiger partial charge in [0, 0.05) is 12.1 Å². The van der Waals surface area contributed by atoms with E-state index in [2.05, 4.69) is 5.32 Å². The number of carbonyl (C=O) groups excluding carboxylic acids is 1. The van der Waals surface area contributed by atoms with Gasteiger partial charge in [-0.3, -0.25) is 4.79 Å². The Morgan fingerprint density at radius 3 is 2.52 bits per heavy atom. The van der Waals surface area contributed by atoms with Crippen molar-refractivity contribution < 1.29 is 17.6 Å². The van der Waals surface area contributed by atoms with Crippen LogP contribution in [-0.4, -0.2) is 32.2 Å². The number of rotatable bonds is 5. The smallest absolute Gasteiger partial charge is 0.243 e. The standard InChI is InChI=1S/C15H14ClFN2O3S/c1-19(23(21,22)12-5-3-2-4-6-12)10-15(20)18-14-9-11(16)7-8-13(14)17/h2-9H,10H2,1H3,(H,18,20). The number of nitrogens with zero attached hydrogens (tertiary/aromatic N) is 1. The Morgan fingerprint density at radius 2 is 1.87 bits per heavy atom. The van der Waals surface area contributed by atoms with E-state index in [0.717, 1.165) is 10.4 Å². The number of anilines is 1. The molecule has 2 rings (SSSR count). The van der Waals surface area contributed by atoms with Gasteiger partial charge in [-0.25, -0.2) is 12.8 Å². The minimum absolute atomic E-state index is 0.0734. The van der Waals surface area contributed by atoms with Crippen LogP contribution in [-0.2, 0) is 14.8 Å². The summed E-state index contributed by atoms with van der Waals surface area (Å²) in [4.78, 5) is 12.0. The maximum absolute atomic E-state index is 13.6. The molecular weight excluding hydrogens is 343 g/mol. The van der Waals surface area contributed by atoms with Gasteiger partial charge in [0.05, 0.1) is 17.1 Å². The Labute approximate surface area is 138 Å². The van der Waals surface area contributed by atoms with Gasteiger partial charge in [0.15, 0.2) is 0 Å². The average Bonchev–Trinajstić information content (AvgIpc) is 2.51. The van der Waals surface area contributed by atoms with Crippen LogP contribution in [0.15, 0.2) is 53.4 Å². The molecule has 1 amide bonds. The van der Waals surface area contributed by atoms with Crippen molar-refractivity contribution in [2.75, 3.05) is 18.9 Å². The molecule has 1 N–H and O–H groups in total. The van der Waals surface area contributed by atoms with Gasteiger partial charge in [0.1, 0.15) is 5.82 Å². The molecule has 0 radical (unpaired) electrons. The Bertz CT molecular complexity index is 813. The largest absolute Gasteiger partial charge is 0.322 e. The molecule has 0 aliphatic rings. The van der Waals surface area contributed by atoms with Gasteiger partial charge >= 0.3 is 0 Å². The molecule has 8 heteroatoms. The van der Waals surface area contributed by atoms with Crippen molar-refractivity contribution in [2.45, 2.75) is 4.90 Å². The third-order valence-corrected chi connectivity index (χ3v) is 5.07. The summed E-state index contributed by atoms with van der Waals surface area (Å²) in [6.07, 6.45) is 0. The molecule has 2 aromatic rings. The Balaban J connectivity index is 2.09. The number of likely N-dealkylation sites (N-methyl/N-ethyl adjacent to an activating group) is 1. The summed E-state index contributed by atoms with van der Waals surface area (Å²) in [6.45, 7) is -0.455. The van der Waals surface area contributed by atoms with E-state index in [-0.39, 0.29) is 15.6 Å². The molecule has 122 valence electrons. The van der Waals surface area contributed by atoms with Gasteiger partial charge < -0.3 is 5.32 Å². The third kappa shape index (κ3) is 4.28. The molecule has 0 bridgehead atoms. The minimum Gasteiger partial charge on any atom is -0.322 e. The summed E-state index contributed by atoms with van der Waals surface area (Å²) in [5.41, 5.74) is -0.104. The zero-order chi connectivity index (χ0) is 17.0. The minimum atomic E-state index is -3.79. The first kappa shape index (κ1) is 17.4. The van der Waals surface area contributed by atoms with Crippen LogP contribution in [0.25, 0.3) is 0 Å². The molecule has 0 unspecified atom stereocenters. The molecule has 0 fully saturated rings. The number of carbonyl (C=O) groups is 1. The Hall–Kier alpha value is -1.96. The van der Waals surface area contributed by atoms with E-state index >= 15 is 0 Å². The second kappa shape index (κ2) is 7.08. The summed E-state index contributed by atoms with van der Waals surface area (Å²) in [7, 11) is -2.52. The maximum atomic E-state index is 13.6. The van der Waals surface area contributed by atoms with Crippen LogP contribution in [0.4, 0.5) is 10.1 Å². The van der Waals surface area contributed by atoms with Gasteiger partial charge in [0.2, 0.25) is 15.9 Å². The number of benzene rings is 2. The topological polar surface area (TPSA) is 66.5 Å². The van der Waals surface area contributed by atoms with Gasteiger partial charge in [-0.2, -0.15) is 4.31 Å². The molecular formula is C15H14ClFN2O3S. The highest BCUT2D eigenvalue weighted by molar-refractivity contribution is 7.89. The number of sulfonamides is 1. The van der Waals surface area contributed by atoms with Gasteiger partial charge in [-0.1, -0.05) is 29.8 Å². The number of nitrogens with one attached hydrogen (secondary N) is 1. The molecule has 23 heavy (non-hydrogen) atoms. The highest BCUT2D eigenvalue weighted by Gasteiger charge is 2.23. The van der Waals surface area contributed by atoms with Crippen molar-refractivity contribution in [3.63, 3.8) is 0 Å². The van der Waals surface area contributed by atoms with E-state index < -0.39 is 28.3 Å². The summed E-state index contributed by atoms with van der Waals surface area (Å²) in [5, 5.41) is 2.56. The lowest BCUT2D eigenvalue weighted by Crippen LogP contribution is -2.35. The van der Waals surface area contributed by atoms with Crippen molar-refractivity contribution in [1.29, 1.82) is 0 Å².